The Labute approximate surface area is 140 Å². The van der Waals surface area contributed by atoms with Crippen molar-refractivity contribution in [2.24, 2.45) is 11.7 Å². The lowest BCUT2D eigenvalue weighted by Gasteiger charge is -2.50. The van der Waals surface area contributed by atoms with Crippen LogP contribution in [0.3, 0.4) is 0 Å². The molecule has 1 aromatic rings. The number of benzene rings is 1. The Bertz CT molecular complexity index is 498. The molecule has 0 aromatic heterocycles. The molecule has 0 spiro atoms. The first-order chi connectivity index (χ1) is 10.9. The van der Waals surface area contributed by atoms with Crippen LogP contribution in [-0.2, 0) is 6.42 Å². The zero-order valence-electron chi connectivity index (χ0n) is 14.7. The van der Waals surface area contributed by atoms with Crippen molar-refractivity contribution in [3.63, 3.8) is 0 Å². The maximum Gasteiger partial charge on any atom is 0.126 e. The van der Waals surface area contributed by atoms with Crippen LogP contribution in [0.25, 0.3) is 0 Å². The van der Waals surface area contributed by atoms with Crippen molar-refractivity contribution in [3.05, 3.63) is 35.6 Å². The minimum Gasteiger partial charge on any atom is -0.389 e. The van der Waals surface area contributed by atoms with E-state index in [4.69, 9.17) is 5.73 Å². The van der Waals surface area contributed by atoms with Crippen molar-refractivity contribution >= 4 is 0 Å². The van der Waals surface area contributed by atoms with Crippen LogP contribution in [0.2, 0.25) is 0 Å². The highest BCUT2D eigenvalue weighted by atomic mass is 19.1. The lowest BCUT2D eigenvalue weighted by atomic mass is 9.61. The van der Waals surface area contributed by atoms with E-state index in [-0.39, 0.29) is 17.3 Å². The van der Waals surface area contributed by atoms with E-state index in [9.17, 15) is 9.50 Å². The Morgan fingerprint density at radius 2 is 1.87 bits per heavy atom. The molecular formula is C20H32FNO. The maximum atomic E-state index is 14.1. The normalized spacial score (nSPS) is 25.5. The van der Waals surface area contributed by atoms with E-state index in [2.05, 4.69) is 13.8 Å². The van der Waals surface area contributed by atoms with Gasteiger partial charge >= 0.3 is 0 Å². The van der Waals surface area contributed by atoms with Gasteiger partial charge in [0.15, 0.2) is 0 Å². The number of hydrogen-bond donors (Lipinski definition) is 2. The minimum absolute atomic E-state index is 0.0447. The molecule has 3 heteroatoms. The second-order valence-corrected chi connectivity index (χ2v) is 7.40. The number of hydrogen-bond acceptors (Lipinski definition) is 2. The average molecular weight is 321 g/mol. The van der Waals surface area contributed by atoms with Crippen LogP contribution in [-0.4, -0.2) is 16.2 Å². The fraction of sp³-hybridized carbons (Fsp3) is 0.700. The molecule has 0 aliphatic heterocycles. The van der Waals surface area contributed by atoms with Crippen LogP contribution < -0.4 is 5.73 Å². The molecule has 0 amide bonds. The highest BCUT2D eigenvalue weighted by Gasteiger charge is 2.48. The maximum absolute atomic E-state index is 14.1. The van der Waals surface area contributed by atoms with Gasteiger partial charge in [0, 0.05) is 17.9 Å². The predicted molar refractivity (Wildman–Crippen MR) is 93.7 cm³/mol. The Morgan fingerprint density at radius 3 is 2.48 bits per heavy atom. The van der Waals surface area contributed by atoms with Gasteiger partial charge in [-0.2, -0.15) is 0 Å². The zero-order valence-corrected chi connectivity index (χ0v) is 14.7. The third kappa shape index (κ3) is 4.13. The third-order valence-corrected chi connectivity index (χ3v) is 5.58. The molecule has 2 atom stereocenters. The molecule has 2 rings (SSSR count). The van der Waals surface area contributed by atoms with Gasteiger partial charge < -0.3 is 10.8 Å². The molecule has 1 fully saturated rings. The first-order valence-corrected chi connectivity index (χ1v) is 9.20. The van der Waals surface area contributed by atoms with Crippen molar-refractivity contribution in [1.82, 2.24) is 0 Å². The van der Waals surface area contributed by atoms with E-state index in [1.54, 1.807) is 12.1 Å². The molecule has 0 saturated heterocycles. The number of nitrogens with two attached hydrogens (primary N) is 1. The smallest absolute Gasteiger partial charge is 0.126 e. The Kier molecular flexibility index (Phi) is 6.21. The summed E-state index contributed by atoms with van der Waals surface area (Å²) >= 11 is 0. The van der Waals surface area contributed by atoms with Crippen molar-refractivity contribution in [2.75, 3.05) is 0 Å². The monoisotopic (exact) mass is 321 g/mol. The van der Waals surface area contributed by atoms with Crippen molar-refractivity contribution in [2.45, 2.75) is 82.8 Å². The standard InChI is InChI=1S/C20H32FNO/c1-3-12-19(22,13-4-2)18-11-7-8-14-20(18,23)15-16-9-5-6-10-17(16)21/h5-6,9-10,18,23H,3-4,7-8,11-15,22H2,1-2H3/t18-,20+/m0/s1. The predicted octanol–water partition coefficient (Wildman–Crippen LogP) is 4.59. The Morgan fingerprint density at radius 1 is 1.22 bits per heavy atom. The molecule has 0 bridgehead atoms. The lowest BCUT2D eigenvalue weighted by molar-refractivity contribution is -0.0823. The van der Waals surface area contributed by atoms with Crippen LogP contribution in [0.5, 0.6) is 0 Å². The van der Waals surface area contributed by atoms with Gasteiger partial charge in [0.1, 0.15) is 5.82 Å². The summed E-state index contributed by atoms with van der Waals surface area (Å²) in [5, 5.41) is 11.5. The van der Waals surface area contributed by atoms with Crippen molar-refractivity contribution in [3.8, 4) is 0 Å². The molecule has 1 aromatic carbocycles. The van der Waals surface area contributed by atoms with Crippen LogP contribution >= 0.6 is 0 Å². The van der Waals surface area contributed by atoms with Crippen molar-refractivity contribution < 1.29 is 9.50 Å². The first kappa shape index (κ1) is 18.4. The SMILES string of the molecule is CCCC(N)(CCC)[C@@H]1CCCC[C@@]1(O)Cc1ccccc1F. The summed E-state index contributed by atoms with van der Waals surface area (Å²) in [6.07, 6.45) is 8.02. The van der Waals surface area contributed by atoms with Gasteiger partial charge in [-0.05, 0) is 37.3 Å². The van der Waals surface area contributed by atoms with Gasteiger partial charge in [0.25, 0.3) is 0 Å². The van der Waals surface area contributed by atoms with E-state index < -0.39 is 5.60 Å². The number of aliphatic hydroxyl groups is 1. The average Bonchev–Trinajstić information content (AvgIpc) is 2.50. The molecule has 1 saturated carbocycles. The zero-order chi connectivity index (χ0) is 16.9. The Balaban J connectivity index is 2.30. The first-order valence-electron chi connectivity index (χ1n) is 9.20. The van der Waals surface area contributed by atoms with Crippen molar-refractivity contribution in [1.29, 1.82) is 0 Å². The summed E-state index contributed by atoms with van der Waals surface area (Å²) in [5.41, 5.74) is 6.18. The second kappa shape index (κ2) is 7.76. The summed E-state index contributed by atoms with van der Waals surface area (Å²) in [6, 6.07) is 6.80. The van der Waals surface area contributed by atoms with Crippen LogP contribution in [0.15, 0.2) is 24.3 Å². The summed E-state index contributed by atoms with van der Waals surface area (Å²) < 4.78 is 14.1. The highest BCUT2D eigenvalue weighted by molar-refractivity contribution is 5.21. The van der Waals surface area contributed by atoms with E-state index in [0.717, 1.165) is 51.4 Å². The van der Waals surface area contributed by atoms with E-state index >= 15 is 0 Å². The topological polar surface area (TPSA) is 46.2 Å². The molecule has 130 valence electrons. The third-order valence-electron chi connectivity index (χ3n) is 5.58. The fourth-order valence-corrected chi connectivity index (χ4v) is 4.63. The van der Waals surface area contributed by atoms with Gasteiger partial charge in [0.05, 0.1) is 5.60 Å². The Hall–Kier alpha value is -0.930. The molecule has 0 unspecified atom stereocenters. The quantitative estimate of drug-likeness (QED) is 0.771. The van der Waals surface area contributed by atoms with Crippen LogP contribution in [0.4, 0.5) is 4.39 Å². The number of rotatable bonds is 7. The van der Waals surface area contributed by atoms with Crippen LogP contribution in [0, 0.1) is 11.7 Å². The van der Waals surface area contributed by atoms with Gasteiger partial charge in [-0.15, -0.1) is 0 Å². The fourth-order valence-electron chi connectivity index (χ4n) is 4.63. The van der Waals surface area contributed by atoms with E-state index in [0.29, 0.717) is 12.0 Å². The molecule has 1 aliphatic rings. The van der Waals surface area contributed by atoms with E-state index in [1.165, 1.54) is 6.07 Å². The summed E-state index contributed by atoms with van der Waals surface area (Å²) in [4.78, 5) is 0. The summed E-state index contributed by atoms with van der Waals surface area (Å²) in [5.74, 6) is -0.179. The van der Waals surface area contributed by atoms with Gasteiger partial charge in [-0.25, -0.2) is 4.39 Å². The minimum atomic E-state index is -0.889. The molecule has 3 N–H and O–H groups in total. The van der Waals surface area contributed by atoms with Gasteiger partial charge in [0.2, 0.25) is 0 Å². The van der Waals surface area contributed by atoms with E-state index in [1.807, 2.05) is 6.07 Å². The highest BCUT2D eigenvalue weighted by Crippen LogP contribution is 2.44. The molecular weight excluding hydrogens is 289 g/mol. The second-order valence-electron chi connectivity index (χ2n) is 7.40. The molecule has 2 nitrogen and oxygen atoms in total. The van der Waals surface area contributed by atoms with Gasteiger partial charge in [-0.1, -0.05) is 57.7 Å². The lowest BCUT2D eigenvalue weighted by Crippen LogP contribution is -2.59. The molecule has 0 radical (unpaired) electrons. The molecule has 23 heavy (non-hydrogen) atoms. The van der Waals surface area contributed by atoms with Crippen LogP contribution in [0.1, 0.15) is 70.8 Å². The number of halogens is 1. The summed E-state index contributed by atoms with van der Waals surface area (Å²) in [6.45, 7) is 4.30. The van der Waals surface area contributed by atoms with Gasteiger partial charge in [-0.3, -0.25) is 0 Å². The molecule has 1 aliphatic carbocycles. The largest absolute Gasteiger partial charge is 0.389 e. The summed E-state index contributed by atoms with van der Waals surface area (Å²) in [7, 11) is 0. The molecule has 0 heterocycles.